The molecule has 76 valence electrons. The molecule has 0 heterocycles. The molecule has 4 nitrogen and oxygen atoms in total. The number of ketones is 1. The van der Waals surface area contributed by atoms with Crippen molar-refractivity contribution in [1.82, 2.24) is 0 Å². The number of nitrogens with two attached hydrogens (primary N) is 1. The first-order valence-corrected chi connectivity index (χ1v) is 4.30. The fraction of sp³-hybridized carbons (Fsp3) is 0.300. The molecule has 1 rings (SSSR count). The van der Waals surface area contributed by atoms with Crippen molar-refractivity contribution in [2.45, 2.75) is 12.1 Å². The number of carbonyl (C=O) groups excluding carboxylic acids is 1. The van der Waals surface area contributed by atoms with E-state index < -0.39 is 18.8 Å². The van der Waals surface area contributed by atoms with Crippen molar-refractivity contribution in [2.24, 2.45) is 5.73 Å². The van der Waals surface area contributed by atoms with E-state index in [9.17, 15) is 4.79 Å². The summed E-state index contributed by atoms with van der Waals surface area (Å²) < 4.78 is 0. The van der Waals surface area contributed by atoms with Gasteiger partial charge in [0.25, 0.3) is 0 Å². The van der Waals surface area contributed by atoms with E-state index in [2.05, 4.69) is 0 Å². The zero-order valence-electron chi connectivity index (χ0n) is 7.63. The first-order chi connectivity index (χ1) is 6.66. The maximum atomic E-state index is 11.5. The molecule has 2 atom stereocenters. The number of aliphatic hydroxyl groups is 2. The van der Waals surface area contributed by atoms with Crippen LogP contribution in [0.3, 0.4) is 0 Å². The molecule has 0 fully saturated rings. The van der Waals surface area contributed by atoms with E-state index in [1.807, 2.05) is 0 Å². The largest absolute Gasteiger partial charge is 0.394 e. The highest BCUT2D eigenvalue weighted by Gasteiger charge is 2.22. The van der Waals surface area contributed by atoms with Crippen LogP contribution in [-0.2, 0) is 0 Å². The predicted molar refractivity (Wildman–Crippen MR) is 51.8 cm³/mol. The van der Waals surface area contributed by atoms with Gasteiger partial charge >= 0.3 is 0 Å². The average molecular weight is 195 g/mol. The highest BCUT2D eigenvalue weighted by Crippen LogP contribution is 2.04. The van der Waals surface area contributed by atoms with Gasteiger partial charge in [-0.05, 0) is 0 Å². The maximum absolute atomic E-state index is 11.5. The van der Waals surface area contributed by atoms with Crippen molar-refractivity contribution >= 4 is 5.78 Å². The standard InChI is InChI=1S/C10H13NO3/c11-9(8(13)6-12)10(14)7-4-2-1-3-5-7/h1-5,8-9,12-13H,6,11H2. The van der Waals surface area contributed by atoms with Crippen LogP contribution in [0.1, 0.15) is 10.4 Å². The van der Waals surface area contributed by atoms with Crippen LogP contribution in [0.5, 0.6) is 0 Å². The molecule has 0 amide bonds. The van der Waals surface area contributed by atoms with Gasteiger partial charge in [-0.2, -0.15) is 0 Å². The molecular formula is C10H13NO3. The fourth-order valence-corrected chi connectivity index (χ4v) is 1.08. The second-order valence-corrected chi connectivity index (χ2v) is 3.01. The Morgan fingerprint density at radius 1 is 1.36 bits per heavy atom. The summed E-state index contributed by atoms with van der Waals surface area (Å²) in [6, 6.07) is 7.38. The summed E-state index contributed by atoms with van der Waals surface area (Å²) in [5, 5.41) is 17.8. The Hall–Kier alpha value is -1.23. The summed E-state index contributed by atoms with van der Waals surface area (Å²) in [6.45, 7) is -0.514. The Balaban J connectivity index is 2.76. The van der Waals surface area contributed by atoms with Crippen LogP contribution in [0.4, 0.5) is 0 Å². The zero-order chi connectivity index (χ0) is 10.6. The van der Waals surface area contributed by atoms with Crippen molar-refractivity contribution in [1.29, 1.82) is 0 Å². The third-order valence-electron chi connectivity index (χ3n) is 1.96. The topological polar surface area (TPSA) is 83.6 Å². The number of Topliss-reactive ketones (excluding diaryl/α,β-unsaturated/α-hetero) is 1. The Morgan fingerprint density at radius 3 is 2.43 bits per heavy atom. The highest BCUT2D eigenvalue weighted by molar-refractivity contribution is 6.00. The number of hydrogen-bond acceptors (Lipinski definition) is 4. The maximum Gasteiger partial charge on any atom is 0.182 e. The Kier molecular flexibility index (Phi) is 3.76. The van der Waals surface area contributed by atoms with E-state index >= 15 is 0 Å². The second kappa shape index (κ2) is 4.85. The number of rotatable bonds is 4. The van der Waals surface area contributed by atoms with Crippen LogP contribution in [0, 0.1) is 0 Å². The SMILES string of the molecule is NC(C(=O)c1ccccc1)C(O)CO. The predicted octanol–water partition coefficient (Wildman–Crippen LogP) is -0.450. The lowest BCUT2D eigenvalue weighted by Crippen LogP contribution is -2.43. The molecule has 0 saturated carbocycles. The summed E-state index contributed by atoms with van der Waals surface area (Å²) in [5.41, 5.74) is 5.88. The lowest BCUT2D eigenvalue weighted by molar-refractivity contribution is 0.0603. The first kappa shape index (κ1) is 10.8. The van der Waals surface area contributed by atoms with E-state index in [0.717, 1.165) is 0 Å². The average Bonchev–Trinajstić information content (AvgIpc) is 2.27. The molecule has 0 bridgehead atoms. The molecule has 0 aliphatic heterocycles. The number of hydrogen-bond donors (Lipinski definition) is 3. The van der Waals surface area contributed by atoms with Gasteiger partial charge in [-0.1, -0.05) is 30.3 Å². The van der Waals surface area contributed by atoms with Gasteiger partial charge in [0, 0.05) is 5.56 Å². The first-order valence-electron chi connectivity index (χ1n) is 4.30. The molecule has 2 unspecified atom stereocenters. The minimum absolute atomic E-state index is 0.368. The van der Waals surface area contributed by atoms with Crippen molar-refractivity contribution in [3.05, 3.63) is 35.9 Å². The van der Waals surface area contributed by atoms with Crippen LogP contribution >= 0.6 is 0 Å². The van der Waals surface area contributed by atoms with Gasteiger partial charge in [-0.25, -0.2) is 0 Å². The molecule has 0 spiro atoms. The summed E-state index contributed by atoms with van der Waals surface area (Å²) in [7, 11) is 0. The molecule has 1 aromatic rings. The summed E-state index contributed by atoms with van der Waals surface area (Å²) in [6.07, 6.45) is -1.21. The van der Waals surface area contributed by atoms with Gasteiger partial charge in [0.05, 0.1) is 18.8 Å². The smallest absolute Gasteiger partial charge is 0.182 e. The van der Waals surface area contributed by atoms with Crippen LogP contribution in [0.25, 0.3) is 0 Å². The van der Waals surface area contributed by atoms with E-state index in [0.29, 0.717) is 5.56 Å². The van der Waals surface area contributed by atoms with Crippen LogP contribution in [0.15, 0.2) is 30.3 Å². The van der Waals surface area contributed by atoms with Gasteiger partial charge in [0.2, 0.25) is 0 Å². The molecule has 0 aromatic heterocycles. The third-order valence-corrected chi connectivity index (χ3v) is 1.96. The van der Waals surface area contributed by atoms with E-state index in [1.165, 1.54) is 0 Å². The molecule has 1 aromatic carbocycles. The van der Waals surface area contributed by atoms with E-state index in [4.69, 9.17) is 15.9 Å². The normalized spacial score (nSPS) is 14.8. The molecule has 4 N–H and O–H groups in total. The highest BCUT2D eigenvalue weighted by atomic mass is 16.3. The number of aliphatic hydroxyl groups excluding tert-OH is 2. The minimum Gasteiger partial charge on any atom is -0.394 e. The Bertz CT molecular complexity index is 299. The second-order valence-electron chi connectivity index (χ2n) is 3.01. The Morgan fingerprint density at radius 2 is 1.93 bits per heavy atom. The summed E-state index contributed by atoms with van der Waals surface area (Å²) in [5.74, 6) is -0.368. The van der Waals surface area contributed by atoms with Gasteiger partial charge in [0.1, 0.15) is 0 Å². The number of carbonyl (C=O) groups is 1. The van der Waals surface area contributed by atoms with Crippen molar-refractivity contribution in [2.75, 3.05) is 6.61 Å². The summed E-state index contributed by atoms with van der Waals surface area (Å²) >= 11 is 0. The summed E-state index contributed by atoms with van der Waals surface area (Å²) in [4.78, 5) is 11.5. The molecular weight excluding hydrogens is 182 g/mol. The van der Waals surface area contributed by atoms with E-state index in [1.54, 1.807) is 30.3 Å². The molecule has 14 heavy (non-hydrogen) atoms. The zero-order valence-corrected chi connectivity index (χ0v) is 7.63. The lowest BCUT2D eigenvalue weighted by atomic mass is 10.0. The third kappa shape index (κ3) is 2.38. The lowest BCUT2D eigenvalue weighted by Gasteiger charge is -2.14. The molecule has 0 radical (unpaired) electrons. The Labute approximate surface area is 82.0 Å². The van der Waals surface area contributed by atoms with Crippen LogP contribution in [0.2, 0.25) is 0 Å². The van der Waals surface area contributed by atoms with Gasteiger partial charge in [-0.15, -0.1) is 0 Å². The number of benzene rings is 1. The van der Waals surface area contributed by atoms with E-state index in [-0.39, 0.29) is 5.78 Å². The van der Waals surface area contributed by atoms with Crippen LogP contribution < -0.4 is 5.73 Å². The molecule has 4 heteroatoms. The molecule has 0 aliphatic carbocycles. The van der Waals surface area contributed by atoms with Gasteiger partial charge < -0.3 is 15.9 Å². The van der Waals surface area contributed by atoms with Crippen molar-refractivity contribution < 1.29 is 15.0 Å². The van der Waals surface area contributed by atoms with Gasteiger partial charge in [0.15, 0.2) is 5.78 Å². The monoisotopic (exact) mass is 195 g/mol. The molecule has 0 saturated heterocycles. The van der Waals surface area contributed by atoms with Crippen LogP contribution in [-0.4, -0.2) is 34.7 Å². The molecule has 0 aliphatic rings. The fourth-order valence-electron chi connectivity index (χ4n) is 1.08. The van der Waals surface area contributed by atoms with Crippen molar-refractivity contribution in [3.63, 3.8) is 0 Å². The van der Waals surface area contributed by atoms with Crippen molar-refractivity contribution in [3.8, 4) is 0 Å². The quantitative estimate of drug-likeness (QED) is 0.568. The minimum atomic E-state index is -1.21. The van der Waals surface area contributed by atoms with Gasteiger partial charge in [-0.3, -0.25) is 4.79 Å².